The van der Waals surface area contributed by atoms with Crippen molar-refractivity contribution in [2.24, 2.45) is 7.05 Å². The van der Waals surface area contributed by atoms with Crippen molar-refractivity contribution in [3.8, 4) is 0 Å². The van der Waals surface area contributed by atoms with Gasteiger partial charge in [0.05, 0.1) is 12.2 Å². The Kier molecular flexibility index (Phi) is 4.11. The van der Waals surface area contributed by atoms with Gasteiger partial charge in [-0.05, 0) is 37.5 Å². The van der Waals surface area contributed by atoms with Crippen LogP contribution in [0.1, 0.15) is 30.1 Å². The van der Waals surface area contributed by atoms with Crippen molar-refractivity contribution in [3.05, 3.63) is 41.7 Å². The summed E-state index contributed by atoms with van der Waals surface area (Å²) in [5.41, 5.74) is 4.15. The van der Waals surface area contributed by atoms with E-state index in [9.17, 15) is 4.79 Å². The number of benzene rings is 1. The molecule has 2 aromatic rings. The highest BCUT2D eigenvalue weighted by Gasteiger charge is 2.23. The van der Waals surface area contributed by atoms with E-state index in [1.165, 1.54) is 11.3 Å². The molecule has 1 atom stereocenters. The van der Waals surface area contributed by atoms with Gasteiger partial charge in [-0.1, -0.05) is 6.07 Å². The van der Waals surface area contributed by atoms with Gasteiger partial charge in [0, 0.05) is 29.7 Å². The first-order chi connectivity index (χ1) is 10.7. The van der Waals surface area contributed by atoms with Crippen LogP contribution in [0, 0.1) is 0 Å². The van der Waals surface area contributed by atoms with Crippen LogP contribution < -0.4 is 10.6 Å². The van der Waals surface area contributed by atoms with Crippen LogP contribution in [0.5, 0.6) is 0 Å². The molecule has 22 heavy (non-hydrogen) atoms. The number of aliphatic hydroxyl groups excluding tert-OH is 1. The average Bonchev–Trinajstić information content (AvgIpc) is 2.90. The van der Waals surface area contributed by atoms with Gasteiger partial charge in [0.15, 0.2) is 0 Å². The molecule has 0 saturated heterocycles. The number of hydrogen-bond donors (Lipinski definition) is 3. The third kappa shape index (κ3) is 2.96. The van der Waals surface area contributed by atoms with Gasteiger partial charge in [0.1, 0.15) is 6.61 Å². The molecule has 116 valence electrons. The minimum Gasteiger partial charge on any atom is -0.387 e. The lowest BCUT2D eigenvalue weighted by atomic mass is 9.93. The van der Waals surface area contributed by atoms with E-state index in [1.54, 1.807) is 6.07 Å². The van der Waals surface area contributed by atoms with Crippen LogP contribution >= 0.6 is 0 Å². The Bertz CT molecular complexity index is 681. The number of rotatable bonds is 4. The zero-order chi connectivity index (χ0) is 15.5. The smallest absolute Gasteiger partial charge is 0.250 e. The summed E-state index contributed by atoms with van der Waals surface area (Å²) < 4.78 is 1.95. The molecular weight excluding hydrogens is 280 g/mol. The Morgan fingerprint density at radius 3 is 3.09 bits per heavy atom. The lowest BCUT2D eigenvalue weighted by molar-refractivity contribution is -0.118. The molecule has 1 aromatic heterocycles. The van der Waals surface area contributed by atoms with Gasteiger partial charge in [0.25, 0.3) is 0 Å². The first-order valence-corrected chi connectivity index (χ1v) is 7.45. The molecule has 0 spiro atoms. The van der Waals surface area contributed by atoms with E-state index in [2.05, 4.69) is 15.7 Å². The second-order valence-corrected chi connectivity index (χ2v) is 5.55. The molecule has 0 fully saturated rings. The van der Waals surface area contributed by atoms with Crippen molar-refractivity contribution in [1.29, 1.82) is 0 Å². The van der Waals surface area contributed by atoms with E-state index in [4.69, 9.17) is 5.11 Å². The zero-order valence-electron chi connectivity index (χ0n) is 12.5. The average molecular weight is 300 g/mol. The maximum atomic E-state index is 11.3. The summed E-state index contributed by atoms with van der Waals surface area (Å²) in [4.78, 5) is 11.3. The van der Waals surface area contributed by atoms with Crippen molar-refractivity contribution in [2.75, 3.05) is 17.2 Å². The Balaban J connectivity index is 1.76. The van der Waals surface area contributed by atoms with Gasteiger partial charge >= 0.3 is 0 Å². The van der Waals surface area contributed by atoms with Gasteiger partial charge in [-0.15, -0.1) is 0 Å². The van der Waals surface area contributed by atoms with Crippen LogP contribution in [0.4, 0.5) is 11.4 Å². The van der Waals surface area contributed by atoms with Gasteiger partial charge < -0.3 is 15.7 Å². The number of aromatic nitrogens is 2. The molecule has 1 aliphatic rings. The minimum absolute atomic E-state index is 0.237. The van der Waals surface area contributed by atoms with E-state index in [-0.39, 0.29) is 6.04 Å². The molecule has 0 bridgehead atoms. The summed E-state index contributed by atoms with van der Waals surface area (Å²) in [6.45, 7) is -0.515. The van der Waals surface area contributed by atoms with Crippen LogP contribution in [0.15, 0.2) is 30.5 Å². The standard InChI is InChI=1S/C16H20N4O2/c1-20-15-7-3-6-14(13(15)9-17-20)18-11-4-2-5-12(8-11)19-16(22)10-21/h2,4-5,8-9,14,18,21H,3,6-7,10H2,1H3,(H,19,22). The number of hydrogen-bond acceptors (Lipinski definition) is 4. The van der Waals surface area contributed by atoms with Crippen LogP contribution in [0.3, 0.4) is 0 Å². The van der Waals surface area contributed by atoms with E-state index < -0.39 is 12.5 Å². The Labute approximate surface area is 129 Å². The number of carbonyl (C=O) groups is 1. The first kappa shape index (κ1) is 14.6. The minimum atomic E-state index is -0.515. The molecule has 0 aliphatic heterocycles. The van der Waals surface area contributed by atoms with Crippen LogP contribution in [-0.2, 0) is 18.3 Å². The van der Waals surface area contributed by atoms with Crippen molar-refractivity contribution in [1.82, 2.24) is 9.78 Å². The highest BCUT2D eigenvalue weighted by Crippen LogP contribution is 2.32. The highest BCUT2D eigenvalue weighted by molar-refractivity contribution is 5.91. The maximum absolute atomic E-state index is 11.3. The van der Waals surface area contributed by atoms with E-state index in [1.807, 2.05) is 36.1 Å². The SMILES string of the molecule is Cn1ncc2c1CCCC2Nc1cccc(NC(=O)CO)c1. The fourth-order valence-electron chi connectivity index (χ4n) is 2.94. The normalized spacial score (nSPS) is 16.9. The summed E-state index contributed by atoms with van der Waals surface area (Å²) >= 11 is 0. The summed E-state index contributed by atoms with van der Waals surface area (Å²) in [7, 11) is 1.98. The lowest BCUT2D eigenvalue weighted by Crippen LogP contribution is -2.18. The summed E-state index contributed by atoms with van der Waals surface area (Å²) in [5, 5.41) is 19.3. The summed E-state index contributed by atoms with van der Waals surface area (Å²) in [5.74, 6) is -0.413. The number of nitrogens with zero attached hydrogens (tertiary/aromatic N) is 2. The quantitative estimate of drug-likeness (QED) is 0.805. The second kappa shape index (κ2) is 6.19. The van der Waals surface area contributed by atoms with Crippen LogP contribution in [-0.4, -0.2) is 27.4 Å². The summed E-state index contributed by atoms with van der Waals surface area (Å²) in [6, 6.07) is 7.76. The molecule has 0 saturated carbocycles. The maximum Gasteiger partial charge on any atom is 0.250 e. The number of aryl methyl sites for hydroxylation is 1. The van der Waals surface area contributed by atoms with E-state index in [0.29, 0.717) is 5.69 Å². The number of amides is 1. The zero-order valence-corrected chi connectivity index (χ0v) is 12.5. The van der Waals surface area contributed by atoms with Gasteiger partial charge in [-0.25, -0.2) is 0 Å². The Hall–Kier alpha value is -2.34. The van der Waals surface area contributed by atoms with Gasteiger partial charge in [-0.2, -0.15) is 5.10 Å². The molecule has 6 heteroatoms. The third-order valence-electron chi connectivity index (χ3n) is 4.01. The van der Waals surface area contributed by atoms with Gasteiger partial charge in [-0.3, -0.25) is 9.48 Å². The molecule has 1 amide bonds. The molecule has 1 heterocycles. The monoisotopic (exact) mass is 300 g/mol. The fourth-order valence-corrected chi connectivity index (χ4v) is 2.94. The van der Waals surface area contributed by atoms with Crippen molar-refractivity contribution in [3.63, 3.8) is 0 Å². The van der Waals surface area contributed by atoms with Crippen LogP contribution in [0.2, 0.25) is 0 Å². The third-order valence-corrected chi connectivity index (χ3v) is 4.01. The Morgan fingerprint density at radius 1 is 1.45 bits per heavy atom. The second-order valence-electron chi connectivity index (χ2n) is 5.55. The Morgan fingerprint density at radius 2 is 2.27 bits per heavy atom. The predicted octanol–water partition coefficient (Wildman–Crippen LogP) is 1.84. The summed E-state index contributed by atoms with van der Waals surface area (Å²) in [6.07, 6.45) is 5.19. The number of nitrogens with one attached hydrogen (secondary N) is 2. The lowest BCUT2D eigenvalue weighted by Gasteiger charge is -2.25. The molecule has 6 nitrogen and oxygen atoms in total. The number of anilines is 2. The molecular formula is C16H20N4O2. The fraction of sp³-hybridized carbons (Fsp3) is 0.375. The first-order valence-electron chi connectivity index (χ1n) is 7.45. The van der Waals surface area contributed by atoms with E-state index >= 15 is 0 Å². The van der Waals surface area contributed by atoms with Crippen molar-refractivity contribution < 1.29 is 9.90 Å². The number of carbonyl (C=O) groups excluding carboxylic acids is 1. The van der Waals surface area contributed by atoms with Crippen molar-refractivity contribution in [2.45, 2.75) is 25.3 Å². The highest BCUT2D eigenvalue weighted by atomic mass is 16.3. The molecule has 1 aliphatic carbocycles. The van der Waals surface area contributed by atoms with Gasteiger partial charge in [0.2, 0.25) is 5.91 Å². The molecule has 3 rings (SSSR count). The largest absolute Gasteiger partial charge is 0.387 e. The molecule has 0 radical (unpaired) electrons. The van der Waals surface area contributed by atoms with Crippen molar-refractivity contribution >= 4 is 17.3 Å². The number of fused-ring (bicyclic) bond motifs is 1. The predicted molar refractivity (Wildman–Crippen MR) is 84.7 cm³/mol. The van der Waals surface area contributed by atoms with Crippen LogP contribution in [0.25, 0.3) is 0 Å². The number of aliphatic hydroxyl groups is 1. The topological polar surface area (TPSA) is 79.2 Å². The van der Waals surface area contributed by atoms with E-state index in [0.717, 1.165) is 24.9 Å². The molecule has 1 unspecified atom stereocenters. The molecule has 3 N–H and O–H groups in total. The molecule has 1 aromatic carbocycles.